The van der Waals surface area contributed by atoms with Crippen molar-refractivity contribution in [3.8, 4) is 0 Å². The fourth-order valence-electron chi connectivity index (χ4n) is 2.17. The highest BCUT2D eigenvalue weighted by Gasteiger charge is 2.23. The van der Waals surface area contributed by atoms with Crippen LogP contribution in [0.1, 0.15) is 0 Å². The van der Waals surface area contributed by atoms with E-state index in [0.717, 1.165) is 12.1 Å². The molecule has 0 heterocycles. The number of nitrogens with one attached hydrogen (secondary N) is 1. The van der Waals surface area contributed by atoms with Gasteiger partial charge in [-0.25, -0.2) is 0 Å². The number of amides is 1. The molecule has 0 unspecified atom stereocenters. The lowest BCUT2D eigenvalue weighted by Gasteiger charge is -2.18. The molecule has 0 radical (unpaired) electrons. The SMILES string of the molecule is CN(CC(=O)Nc1ccc(Cl)c(Cl)c1)c1ccc([N+](=O)[O-])cc1[N+](=O)[O-]. The molecule has 0 aliphatic rings. The molecule has 0 aliphatic carbocycles. The number of rotatable bonds is 6. The molecular weight excluding hydrogens is 387 g/mol. The molecule has 2 aromatic carbocycles. The van der Waals surface area contributed by atoms with Crippen LogP contribution in [0.15, 0.2) is 36.4 Å². The third kappa shape index (κ3) is 4.58. The maximum atomic E-state index is 12.1. The summed E-state index contributed by atoms with van der Waals surface area (Å²) < 4.78 is 0. The second-order valence-corrected chi connectivity index (χ2v) is 6.03. The molecule has 9 nitrogen and oxygen atoms in total. The van der Waals surface area contributed by atoms with Crippen molar-refractivity contribution < 1.29 is 14.6 Å². The zero-order valence-corrected chi connectivity index (χ0v) is 14.8. The number of carbonyl (C=O) groups is 1. The van der Waals surface area contributed by atoms with E-state index in [9.17, 15) is 25.0 Å². The lowest BCUT2D eigenvalue weighted by Crippen LogP contribution is -2.30. The van der Waals surface area contributed by atoms with Crippen LogP contribution in [0.3, 0.4) is 0 Å². The molecule has 136 valence electrons. The Bertz CT molecular complexity index is 890. The van der Waals surface area contributed by atoms with Crippen molar-refractivity contribution in [2.75, 3.05) is 23.8 Å². The largest absolute Gasteiger partial charge is 0.360 e. The molecular formula is C15H12Cl2N4O5. The van der Waals surface area contributed by atoms with E-state index < -0.39 is 27.1 Å². The minimum absolute atomic E-state index is 0.0740. The molecule has 0 aromatic heterocycles. The molecule has 0 spiro atoms. The van der Waals surface area contributed by atoms with Crippen LogP contribution in [-0.4, -0.2) is 29.3 Å². The van der Waals surface area contributed by atoms with Crippen LogP contribution in [-0.2, 0) is 4.79 Å². The van der Waals surface area contributed by atoms with Gasteiger partial charge in [0.2, 0.25) is 5.91 Å². The van der Waals surface area contributed by atoms with Gasteiger partial charge in [-0.15, -0.1) is 0 Å². The number of carbonyl (C=O) groups excluding carboxylic acids is 1. The minimum atomic E-state index is -0.740. The van der Waals surface area contributed by atoms with Gasteiger partial charge in [-0.05, 0) is 24.3 Å². The van der Waals surface area contributed by atoms with Crippen LogP contribution < -0.4 is 10.2 Å². The zero-order chi connectivity index (χ0) is 19.4. The Hall–Kier alpha value is -2.91. The number of nitro benzene ring substituents is 2. The third-order valence-electron chi connectivity index (χ3n) is 3.36. The van der Waals surface area contributed by atoms with Crippen molar-refractivity contribution in [3.05, 3.63) is 66.7 Å². The number of nitrogens with zero attached hydrogens (tertiary/aromatic N) is 3. The molecule has 2 aromatic rings. The maximum absolute atomic E-state index is 12.1. The molecule has 0 saturated carbocycles. The smallest absolute Gasteiger partial charge is 0.299 e. The van der Waals surface area contributed by atoms with Gasteiger partial charge >= 0.3 is 0 Å². The Kier molecular flexibility index (Phi) is 5.96. The lowest BCUT2D eigenvalue weighted by molar-refractivity contribution is -0.393. The van der Waals surface area contributed by atoms with E-state index in [2.05, 4.69) is 5.32 Å². The summed E-state index contributed by atoms with van der Waals surface area (Å²) in [6.45, 7) is -0.223. The predicted octanol–water partition coefficient (Wildman–Crippen LogP) is 3.88. The molecule has 0 bridgehead atoms. The molecule has 1 amide bonds. The van der Waals surface area contributed by atoms with Gasteiger partial charge in [0.1, 0.15) is 5.69 Å². The van der Waals surface area contributed by atoms with Gasteiger partial charge in [-0.3, -0.25) is 25.0 Å². The molecule has 0 fully saturated rings. The standard InChI is InChI=1S/C15H12Cl2N4O5/c1-19(8-15(22)18-9-2-4-11(16)12(17)6-9)13-5-3-10(20(23)24)7-14(13)21(25)26/h2-7H,8H2,1H3,(H,18,22). The number of anilines is 2. The summed E-state index contributed by atoms with van der Waals surface area (Å²) in [4.78, 5) is 33.9. The quantitative estimate of drug-likeness (QED) is 0.582. The summed E-state index contributed by atoms with van der Waals surface area (Å²) in [5.74, 6) is -0.460. The van der Waals surface area contributed by atoms with Gasteiger partial charge in [0, 0.05) is 18.8 Å². The van der Waals surface area contributed by atoms with E-state index in [-0.39, 0.29) is 17.3 Å². The molecule has 0 aliphatic heterocycles. The maximum Gasteiger partial charge on any atom is 0.299 e. The summed E-state index contributed by atoms with van der Waals surface area (Å²) in [6.07, 6.45) is 0. The van der Waals surface area contributed by atoms with Crippen molar-refractivity contribution in [1.82, 2.24) is 0 Å². The van der Waals surface area contributed by atoms with E-state index in [1.165, 1.54) is 30.1 Å². The number of hydrogen-bond acceptors (Lipinski definition) is 6. The molecule has 1 N–H and O–H groups in total. The predicted molar refractivity (Wildman–Crippen MR) is 98.1 cm³/mol. The molecule has 0 saturated heterocycles. The Morgan fingerprint density at radius 2 is 1.77 bits per heavy atom. The number of non-ortho nitro benzene ring substituents is 1. The zero-order valence-electron chi connectivity index (χ0n) is 13.3. The molecule has 11 heteroatoms. The topological polar surface area (TPSA) is 119 Å². The van der Waals surface area contributed by atoms with Crippen LogP contribution in [0.4, 0.5) is 22.7 Å². The van der Waals surface area contributed by atoms with Gasteiger partial charge in [0.15, 0.2) is 0 Å². The van der Waals surface area contributed by atoms with Crippen LogP contribution in [0, 0.1) is 20.2 Å². The summed E-state index contributed by atoms with van der Waals surface area (Å²) >= 11 is 11.7. The average molecular weight is 399 g/mol. The first kappa shape index (κ1) is 19.4. The highest BCUT2D eigenvalue weighted by atomic mass is 35.5. The van der Waals surface area contributed by atoms with Gasteiger partial charge in [0.25, 0.3) is 11.4 Å². The fourth-order valence-corrected chi connectivity index (χ4v) is 2.47. The van der Waals surface area contributed by atoms with Crippen molar-refractivity contribution in [3.63, 3.8) is 0 Å². The number of hydrogen-bond donors (Lipinski definition) is 1. The number of nitro groups is 2. The van der Waals surface area contributed by atoms with E-state index >= 15 is 0 Å². The second kappa shape index (κ2) is 7.98. The molecule has 26 heavy (non-hydrogen) atoms. The van der Waals surface area contributed by atoms with Crippen LogP contribution >= 0.6 is 23.2 Å². The van der Waals surface area contributed by atoms with Crippen LogP contribution in [0.25, 0.3) is 0 Å². The highest BCUT2D eigenvalue weighted by Crippen LogP contribution is 2.31. The normalized spacial score (nSPS) is 10.3. The van der Waals surface area contributed by atoms with Crippen molar-refractivity contribution >= 4 is 51.9 Å². The first-order valence-electron chi connectivity index (χ1n) is 7.08. The summed E-state index contributed by atoms with van der Waals surface area (Å²) in [5, 5.41) is 25.1. The minimum Gasteiger partial charge on any atom is -0.360 e. The molecule has 2 rings (SSSR count). The first-order chi connectivity index (χ1) is 12.2. The van der Waals surface area contributed by atoms with Gasteiger partial charge in [-0.1, -0.05) is 23.2 Å². The Morgan fingerprint density at radius 3 is 2.35 bits per heavy atom. The van der Waals surface area contributed by atoms with E-state index in [1.54, 1.807) is 6.07 Å². The van der Waals surface area contributed by atoms with E-state index in [0.29, 0.717) is 10.7 Å². The summed E-state index contributed by atoms with van der Waals surface area (Å²) in [6, 6.07) is 7.75. The Balaban J connectivity index is 2.16. The molecule has 0 atom stereocenters. The Labute approximate surface area is 157 Å². The van der Waals surface area contributed by atoms with E-state index in [1.807, 2.05) is 0 Å². The van der Waals surface area contributed by atoms with Crippen molar-refractivity contribution in [2.24, 2.45) is 0 Å². The van der Waals surface area contributed by atoms with Crippen molar-refractivity contribution in [2.45, 2.75) is 0 Å². The monoisotopic (exact) mass is 398 g/mol. The number of likely N-dealkylation sites (N-methyl/N-ethyl adjacent to an activating group) is 1. The van der Waals surface area contributed by atoms with Crippen LogP contribution in [0.5, 0.6) is 0 Å². The third-order valence-corrected chi connectivity index (χ3v) is 4.10. The number of benzene rings is 2. The Morgan fingerprint density at radius 1 is 1.08 bits per heavy atom. The van der Waals surface area contributed by atoms with Crippen molar-refractivity contribution in [1.29, 1.82) is 0 Å². The lowest BCUT2D eigenvalue weighted by atomic mass is 10.2. The average Bonchev–Trinajstić information content (AvgIpc) is 2.57. The number of halogens is 2. The van der Waals surface area contributed by atoms with Gasteiger partial charge in [-0.2, -0.15) is 0 Å². The van der Waals surface area contributed by atoms with Gasteiger partial charge < -0.3 is 10.2 Å². The summed E-state index contributed by atoms with van der Waals surface area (Å²) in [5.41, 5.74) is -0.390. The second-order valence-electron chi connectivity index (χ2n) is 5.22. The highest BCUT2D eigenvalue weighted by molar-refractivity contribution is 6.42. The van der Waals surface area contributed by atoms with Crippen LogP contribution in [0.2, 0.25) is 10.0 Å². The first-order valence-corrected chi connectivity index (χ1v) is 7.83. The summed E-state index contributed by atoms with van der Waals surface area (Å²) in [7, 11) is 1.46. The van der Waals surface area contributed by atoms with E-state index in [4.69, 9.17) is 23.2 Å². The fraction of sp³-hybridized carbons (Fsp3) is 0.133. The van der Waals surface area contributed by atoms with Gasteiger partial charge in [0.05, 0.1) is 32.5 Å².